The minimum atomic E-state index is -1.09. The van der Waals surface area contributed by atoms with Gasteiger partial charge in [0.05, 0.1) is 7.11 Å². The fourth-order valence-corrected chi connectivity index (χ4v) is 3.89. The van der Waals surface area contributed by atoms with E-state index in [1.54, 1.807) is 12.1 Å². The van der Waals surface area contributed by atoms with E-state index >= 15 is 0 Å². The van der Waals surface area contributed by atoms with Crippen LogP contribution in [0.25, 0.3) is 11.1 Å². The highest BCUT2D eigenvalue weighted by molar-refractivity contribution is 5.99. The molecule has 0 heterocycles. The van der Waals surface area contributed by atoms with Crippen LogP contribution in [0.4, 0.5) is 10.1 Å². The molecule has 0 aromatic heterocycles. The van der Waals surface area contributed by atoms with Gasteiger partial charge in [-0.2, -0.15) is 0 Å². The zero-order valence-corrected chi connectivity index (χ0v) is 19.9. The summed E-state index contributed by atoms with van der Waals surface area (Å²) in [7, 11) is 1.44. The van der Waals surface area contributed by atoms with Gasteiger partial charge >= 0.3 is 5.97 Å². The standard InChI is InChI=1S/C27H29FN2O4/c1-15-11-21(12-16(2)25(15)26(31)30-18(4)27(32)33)20-7-6-8-22(13-20)29-17(3)19-9-10-23(28)24(14-19)34-5/h6-14,17-18,29H,1-5H3,(H,30,31)(H,32,33)/t17?,18-/m0/s1. The highest BCUT2D eigenvalue weighted by atomic mass is 19.1. The molecule has 0 saturated carbocycles. The molecule has 0 saturated heterocycles. The third-order valence-electron chi connectivity index (χ3n) is 5.73. The number of aliphatic carboxylic acids is 1. The van der Waals surface area contributed by atoms with Crippen LogP contribution in [0.5, 0.6) is 5.75 Å². The number of carbonyl (C=O) groups excluding carboxylic acids is 1. The van der Waals surface area contributed by atoms with E-state index < -0.39 is 23.7 Å². The van der Waals surface area contributed by atoms with E-state index in [1.165, 1.54) is 20.1 Å². The van der Waals surface area contributed by atoms with Crippen LogP contribution in [-0.2, 0) is 4.79 Å². The van der Waals surface area contributed by atoms with Crippen LogP contribution in [0.1, 0.15) is 46.9 Å². The van der Waals surface area contributed by atoms with E-state index in [0.717, 1.165) is 33.5 Å². The van der Waals surface area contributed by atoms with Gasteiger partial charge in [0, 0.05) is 17.3 Å². The maximum atomic E-state index is 13.7. The fraction of sp³-hybridized carbons (Fsp3) is 0.259. The number of hydrogen-bond donors (Lipinski definition) is 3. The quantitative estimate of drug-likeness (QED) is 0.410. The van der Waals surface area contributed by atoms with Crippen LogP contribution in [0.3, 0.4) is 0 Å². The number of rotatable bonds is 8. The molecule has 1 unspecified atom stereocenters. The van der Waals surface area contributed by atoms with Gasteiger partial charge in [-0.15, -0.1) is 0 Å². The number of benzene rings is 3. The van der Waals surface area contributed by atoms with Crippen molar-refractivity contribution < 1.29 is 23.8 Å². The summed E-state index contributed by atoms with van der Waals surface area (Å²) in [5, 5.41) is 15.0. The Hall–Kier alpha value is -3.87. The van der Waals surface area contributed by atoms with Crippen LogP contribution in [-0.4, -0.2) is 30.1 Å². The first-order valence-corrected chi connectivity index (χ1v) is 11.0. The number of carbonyl (C=O) groups is 2. The summed E-state index contributed by atoms with van der Waals surface area (Å²) in [6.07, 6.45) is 0. The van der Waals surface area contributed by atoms with Gasteiger partial charge in [0.25, 0.3) is 5.91 Å². The summed E-state index contributed by atoms with van der Waals surface area (Å²) in [6, 6.07) is 15.5. The number of nitrogens with one attached hydrogen (secondary N) is 2. The van der Waals surface area contributed by atoms with Crippen LogP contribution in [0.2, 0.25) is 0 Å². The van der Waals surface area contributed by atoms with E-state index in [4.69, 9.17) is 9.84 Å². The zero-order valence-electron chi connectivity index (χ0n) is 19.9. The first kappa shape index (κ1) is 24.8. The molecule has 3 N–H and O–H groups in total. The summed E-state index contributed by atoms with van der Waals surface area (Å²) in [4.78, 5) is 23.7. The Morgan fingerprint density at radius 3 is 2.26 bits per heavy atom. The van der Waals surface area contributed by atoms with Gasteiger partial charge in [0.1, 0.15) is 6.04 Å². The Morgan fingerprint density at radius 1 is 0.971 bits per heavy atom. The molecule has 3 rings (SSSR count). The summed E-state index contributed by atoms with van der Waals surface area (Å²) in [5.41, 5.74) is 5.68. The minimum Gasteiger partial charge on any atom is -0.494 e. The lowest BCUT2D eigenvalue weighted by Crippen LogP contribution is -2.38. The normalized spacial score (nSPS) is 12.5. The summed E-state index contributed by atoms with van der Waals surface area (Å²) in [6.45, 7) is 7.09. The van der Waals surface area contributed by atoms with Gasteiger partial charge in [0.2, 0.25) is 0 Å². The first-order chi connectivity index (χ1) is 16.1. The first-order valence-electron chi connectivity index (χ1n) is 11.0. The number of aryl methyl sites for hydroxylation is 2. The Balaban J connectivity index is 1.84. The maximum Gasteiger partial charge on any atom is 0.325 e. The fourth-order valence-electron chi connectivity index (χ4n) is 3.89. The third kappa shape index (κ3) is 5.54. The number of hydrogen-bond acceptors (Lipinski definition) is 4. The SMILES string of the molecule is COc1cc(C(C)Nc2cccc(-c3cc(C)c(C(=O)N[C@@H](C)C(=O)O)c(C)c3)c2)ccc1F. The van der Waals surface area contributed by atoms with Crippen molar-refractivity contribution in [2.45, 2.75) is 39.8 Å². The second-order valence-corrected chi connectivity index (χ2v) is 8.36. The van der Waals surface area contributed by atoms with Crippen molar-refractivity contribution in [1.29, 1.82) is 0 Å². The molecule has 6 nitrogen and oxygen atoms in total. The van der Waals surface area contributed by atoms with Crippen molar-refractivity contribution in [2.24, 2.45) is 0 Å². The maximum absolute atomic E-state index is 13.7. The molecule has 3 aromatic rings. The van der Waals surface area contributed by atoms with Gasteiger partial charge < -0.3 is 20.5 Å². The molecule has 0 fully saturated rings. The molecule has 0 aliphatic rings. The third-order valence-corrected chi connectivity index (χ3v) is 5.73. The Labute approximate surface area is 198 Å². The molecule has 0 radical (unpaired) electrons. The average molecular weight is 465 g/mol. The Kier molecular flexibility index (Phi) is 7.56. The number of anilines is 1. The van der Waals surface area contributed by atoms with Crippen molar-refractivity contribution in [1.82, 2.24) is 5.32 Å². The molecule has 2 atom stereocenters. The lowest BCUT2D eigenvalue weighted by atomic mass is 9.94. The molecule has 0 spiro atoms. The number of halogens is 1. The highest BCUT2D eigenvalue weighted by Gasteiger charge is 2.19. The zero-order chi connectivity index (χ0) is 25.0. The largest absolute Gasteiger partial charge is 0.494 e. The predicted molar refractivity (Wildman–Crippen MR) is 131 cm³/mol. The van der Waals surface area contributed by atoms with Crippen LogP contribution >= 0.6 is 0 Å². The molecular weight excluding hydrogens is 435 g/mol. The van der Waals surface area contributed by atoms with Gasteiger partial charge in [0.15, 0.2) is 11.6 Å². The van der Waals surface area contributed by atoms with E-state index in [1.807, 2.05) is 57.2 Å². The monoisotopic (exact) mass is 464 g/mol. The van der Waals surface area contributed by atoms with Crippen molar-refractivity contribution in [3.63, 3.8) is 0 Å². The van der Waals surface area contributed by atoms with Crippen LogP contribution < -0.4 is 15.4 Å². The molecule has 178 valence electrons. The van der Waals surface area contributed by atoms with Gasteiger partial charge in [-0.05, 0) is 79.8 Å². The molecular formula is C27H29FN2O4. The van der Waals surface area contributed by atoms with E-state index in [2.05, 4.69) is 10.6 Å². The predicted octanol–water partition coefficient (Wildman–Crippen LogP) is 5.49. The average Bonchev–Trinajstić information content (AvgIpc) is 2.78. The molecule has 7 heteroatoms. The van der Waals surface area contributed by atoms with Crippen LogP contribution in [0, 0.1) is 19.7 Å². The number of carboxylic acid groups (broad SMARTS) is 1. The number of ether oxygens (including phenoxy) is 1. The lowest BCUT2D eigenvalue weighted by Gasteiger charge is -2.18. The number of methoxy groups -OCH3 is 1. The summed E-state index contributed by atoms with van der Waals surface area (Å²) in [5.74, 6) is -1.69. The van der Waals surface area contributed by atoms with Crippen molar-refractivity contribution in [3.8, 4) is 16.9 Å². The van der Waals surface area contributed by atoms with Crippen molar-refractivity contribution in [2.75, 3.05) is 12.4 Å². The van der Waals surface area contributed by atoms with E-state index in [9.17, 15) is 14.0 Å². The number of carboxylic acids is 1. The Morgan fingerprint density at radius 2 is 1.65 bits per heavy atom. The van der Waals surface area contributed by atoms with Crippen LogP contribution in [0.15, 0.2) is 54.6 Å². The Bertz CT molecular complexity index is 1200. The van der Waals surface area contributed by atoms with Crippen molar-refractivity contribution >= 4 is 17.6 Å². The smallest absolute Gasteiger partial charge is 0.325 e. The van der Waals surface area contributed by atoms with Gasteiger partial charge in [-0.25, -0.2) is 4.39 Å². The highest BCUT2D eigenvalue weighted by Crippen LogP contribution is 2.30. The molecule has 3 aromatic carbocycles. The molecule has 34 heavy (non-hydrogen) atoms. The van der Waals surface area contributed by atoms with Gasteiger partial charge in [-0.1, -0.05) is 30.3 Å². The molecule has 1 amide bonds. The molecule has 0 aliphatic carbocycles. The number of amides is 1. The second kappa shape index (κ2) is 10.4. The second-order valence-electron chi connectivity index (χ2n) is 8.36. The van der Waals surface area contributed by atoms with E-state index in [-0.39, 0.29) is 11.8 Å². The summed E-state index contributed by atoms with van der Waals surface area (Å²) >= 11 is 0. The van der Waals surface area contributed by atoms with Crippen molar-refractivity contribution in [3.05, 3.63) is 82.7 Å². The molecule has 0 bridgehead atoms. The topological polar surface area (TPSA) is 87.7 Å². The summed E-state index contributed by atoms with van der Waals surface area (Å²) < 4.78 is 18.8. The van der Waals surface area contributed by atoms with Gasteiger partial charge in [-0.3, -0.25) is 9.59 Å². The van der Waals surface area contributed by atoms with E-state index in [0.29, 0.717) is 5.56 Å². The molecule has 0 aliphatic heterocycles. The lowest BCUT2D eigenvalue weighted by molar-refractivity contribution is -0.138. The minimum absolute atomic E-state index is 0.0875.